The van der Waals surface area contributed by atoms with Gasteiger partial charge in [0.05, 0.1) is 17.5 Å². The molecule has 4 rings (SSSR count). The second-order valence-electron chi connectivity index (χ2n) is 7.68. The zero-order valence-corrected chi connectivity index (χ0v) is 15.1. The van der Waals surface area contributed by atoms with Crippen LogP contribution in [0.25, 0.3) is 0 Å². The molecule has 5 heteroatoms. The van der Waals surface area contributed by atoms with Crippen molar-refractivity contribution in [2.45, 2.75) is 44.8 Å². The summed E-state index contributed by atoms with van der Waals surface area (Å²) in [5, 5.41) is 9.23. The van der Waals surface area contributed by atoms with E-state index in [1.54, 1.807) is 4.90 Å². The average Bonchev–Trinajstić information content (AvgIpc) is 2.94. The SMILES string of the molecule is CC1CCC2OC3=C(C(=O)C2C1)C(c1ccccc1)N(CCCO)C3=O. The zero-order chi connectivity index (χ0) is 18.3. The molecule has 1 fully saturated rings. The van der Waals surface area contributed by atoms with Crippen LogP contribution < -0.4 is 0 Å². The molecule has 1 N–H and O–H groups in total. The smallest absolute Gasteiger partial charge is 0.290 e. The molecule has 1 aliphatic carbocycles. The number of Topliss-reactive ketones (excluding diaryl/α,β-unsaturated/α-hetero) is 1. The van der Waals surface area contributed by atoms with Crippen molar-refractivity contribution in [3.05, 3.63) is 47.2 Å². The van der Waals surface area contributed by atoms with Gasteiger partial charge < -0.3 is 14.7 Å². The van der Waals surface area contributed by atoms with Gasteiger partial charge >= 0.3 is 0 Å². The third-order valence-corrected chi connectivity index (χ3v) is 5.88. The number of fused-ring (bicyclic) bond motifs is 1. The number of ether oxygens (including phenoxy) is 1. The van der Waals surface area contributed by atoms with Crippen molar-refractivity contribution >= 4 is 11.7 Å². The van der Waals surface area contributed by atoms with Gasteiger partial charge in [-0.05, 0) is 37.2 Å². The van der Waals surface area contributed by atoms with Crippen LogP contribution in [-0.2, 0) is 14.3 Å². The Morgan fingerprint density at radius 3 is 2.69 bits per heavy atom. The lowest BCUT2D eigenvalue weighted by atomic mass is 9.74. The number of carbonyl (C=O) groups excluding carboxylic acids is 2. The molecule has 1 aromatic carbocycles. The first-order valence-corrected chi connectivity index (χ1v) is 9.53. The first-order chi connectivity index (χ1) is 12.6. The summed E-state index contributed by atoms with van der Waals surface area (Å²) in [7, 11) is 0. The third-order valence-electron chi connectivity index (χ3n) is 5.88. The summed E-state index contributed by atoms with van der Waals surface area (Å²) in [5.41, 5.74) is 1.44. The van der Waals surface area contributed by atoms with Gasteiger partial charge in [-0.2, -0.15) is 0 Å². The van der Waals surface area contributed by atoms with Gasteiger partial charge in [0.1, 0.15) is 6.10 Å². The Morgan fingerprint density at radius 1 is 1.19 bits per heavy atom. The molecule has 2 aliphatic heterocycles. The molecule has 0 spiro atoms. The summed E-state index contributed by atoms with van der Waals surface area (Å²) in [4.78, 5) is 28.1. The maximum absolute atomic E-state index is 13.4. The second-order valence-corrected chi connectivity index (χ2v) is 7.68. The van der Waals surface area contributed by atoms with Gasteiger partial charge in [-0.1, -0.05) is 37.3 Å². The average molecular weight is 355 g/mol. The largest absolute Gasteiger partial charge is 0.483 e. The van der Waals surface area contributed by atoms with Gasteiger partial charge in [0.25, 0.3) is 5.91 Å². The van der Waals surface area contributed by atoms with Crippen LogP contribution in [0, 0.1) is 11.8 Å². The number of carbonyl (C=O) groups is 2. The van der Waals surface area contributed by atoms with Gasteiger partial charge in [0, 0.05) is 13.2 Å². The van der Waals surface area contributed by atoms with Gasteiger partial charge in [0.2, 0.25) is 0 Å². The molecule has 4 atom stereocenters. The number of amides is 1. The Labute approximate surface area is 153 Å². The van der Waals surface area contributed by atoms with E-state index in [0.717, 1.165) is 24.8 Å². The number of hydrogen-bond donors (Lipinski definition) is 1. The molecule has 0 saturated heterocycles. The molecule has 5 nitrogen and oxygen atoms in total. The van der Waals surface area contributed by atoms with E-state index < -0.39 is 6.04 Å². The van der Waals surface area contributed by atoms with Gasteiger partial charge in [-0.15, -0.1) is 0 Å². The van der Waals surface area contributed by atoms with E-state index >= 15 is 0 Å². The lowest BCUT2D eigenvalue weighted by Crippen LogP contribution is -2.41. The Kier molecular flexibility index (Phi) is 4.57. The predicted octanol–water partition coefficient (Wildman–Crippen LogP) is 2.61. The molecular formula is C21H25NO4. The van der Waals surface area contributed by atoms with Gasteiger partial charge in [-0.25, -0.2) is 0 Å². The highest BCUT2D eigenvalue weighted by Gasteiger charge is 2.52. The van der Waals surface area contributed by atoms with Crippen molar-refractivity contribution in [3.63, 3.8) is 0 Å². The number of rotatable bonds is 4. The molecule has 4 unspecified atom stereocenters. The number of aliphatic hydroxyl groups excluding tert-OH is 1. The second kappa shape index (κ2) is 6.88. The number of ketones is 1. The third kappa shape index (κ3) is 2.75. The minimum Gasteiger partial charge on any atom is -0.483 e. The van der Waals surface area contributed by atoms with Gasteiger partial charge in [0.15, 0.2) is 11.5 Å². The van der Waals surface area contributed by atoms with E-state index in [0.29, 0.717) is 24.5 Å². The molecule has 1 saturated carbocycles. The van der Waals surface area contributed by atoms with Crippen molar-refractivity contribution in [1.82, 2.24) is 4.90 Å². The van der Waals surface area contributed by atoms with Crippen LogP contribution in [0.1, 0.15) is 44.2 Å². The maximum atomic E-state index is 13.4. The molecule has 0 radical (unpaired) electrons. The molecular weight excluding hydrogens is 330 g/mol. The quantitative estimate of drug-likeness (QED) is 0.902. The molecule has 1 aromatic rings. The van der Waals surface area contributed by atoms with Crippen LogP contribution in [0.3, 0.4) is 0 Å². The maximum Gasteiger partial charge on any atom is 0.290 e. The van der Waals surface area contributed by atoms with Crippen LogP contribution in [0.4, 0.5) is 0 Å². The normalized spacial score (nSPS) is 30.9. The fraction of sp³-hybridized carbons (Fsp3) is 0.524. The number of aliphatic hydroxyl groups is 1. The highest BCUT2D eigenvalue weighted by Crippen LogP contribution is 2.47. The van der Waals surface area contributed by atoms with Crippen LogP contribution in [0.2, 0.25) is 0 Å². The van der Waals surface area contributed by atoms with Crippen molar-refractivity contribution in [2.75, 3.05) is 13.2 Å². The van der Waals surface area contributed by atoms with Crippen LogP contribution in [-0.4, -0.2) is 41.0 Å². The van der Waals surface area contributed by atoms with Crippen LogP contribution >= 0.6 is 0 Å². The van der Waals surface area contributed by atoms with Crippen LogP contribution in [0.15, 0.2) is 41.7 Å². The van der Waals surface area contributed by atoms with Crippen molar-refractivity contribution < 1.29 is 19.4 Å². The first kappa shape index (κ1) is 17.3. The van der Waals surface area contributed by atoms with Crippen LogP contribution in [0.5, 0.6) is 0 Å². The summed E-state index contributed by atoms with van der Waals surface area (Å²) in [5.74, 6) is 0.472. The fourth-order valence-corrected chi connectivity index (χ4v) is 4.58. The molecule has 1 amide bonds. The predicted molar refractivity (Wildman–Crippen MR) is 96.0 cm³/mol. The highest BCUT2D eigenvalue weighted by molar-refractivity contribution is 6.11. The lowest BCUT2D eigenvalue weighted by Gasteiger charge is -2.37. The van der Waals surface area contributed by atoms with E-state index in [4.69, 9.17) is 4.74 Å². The topological polar surface area (TPSA) is 66.8 Å². The van der Waals surface area contributed by atoms with E-state index in [1.165, 1.54) is 0 Å². The Bertz CT molecular complexity index is 742. The summed E-state index contributed by atoms with van der Waals surface area (Å²) in [6.45, 7) is 2.59. The fourth-order valence-electron chi connectivity index (χ4n) is 4.58. The van der Waals surface area contributed by atoms with E-state index in [2.05, 4.69) is 6.92 Å². The minimum atomic E-state index is -0.407. The van der Waals surface area contributed by atoms with Crippen molar-refractivity contribution in [3.8, 4) is 0 Å². The lowest BCUT2D eigenvalue weighted by molar-refractivity contribution is -0.136. The van der Waals surface area contributed by atoms with E-state index in [9.17, 15) is 14.7 Å². The summed E-state index contributed by atoms with van der Waals surface area (Å²) in [6.07, 6.45) is 2.99. The molecule has 2 heterocycles. The molecule has 3 aliphatic rings. The summed E-state index contributed by atoms with van der Waals surface area (Å²) < 4.78 is 6.11. The Hall–Kier alpha value is -2.14. The minimum absolute atomic E-state index is 0.00746. The summed E-state index contributed by atoms with van der Waals surface area (Å²) >= 11 is 0. The number of benzene rings is 1. The van der Waals surface area contributed by atoms with Gasteiger partial charge in [-0.3, -0.25) is 9.59 Å². The zero-order valence-electron chi connectivity index (χ0n) is 15.1. The highest BCUT2D eigenvalue weighted by atomic mass is 16.5. The first-order valence-electron chi connectivity index (χ1n) is 9.53. The summed E-state index contributed by atoms with van der Waals surface area (Å²) in [6, 6.07) is 9.25. The molecule has 138 valence electrons. The number of nitrogens with zero attached hydrogens (tertiary/aromatic N) is 1. The standard InChI is InChI=1S/C21H25NO4/c1-13-8-9-16-15(12-13)19(24)17-18(14-6-3-2-4-7-14)22(10-5-11-23)21(25)20(17)26-16/h2-4,6-7,13,15-16,18,23H,5,8-12H2,1H3. The molecule has 26 heavy (non-hydrogen) atoms. The van der Waals surface area contributed by atoms with Crippen molar-refractivity contribution in [2.24, 2.45) is 11.8 Å². The Morgan fingerprint density at radius 2 is 1.96 bits per heavy atom. The molecule has 0 bridgehead atoms. The van der Waals surface area contributed by atoms with Crippen molar-refractivity contribution in [1.29, 1.82) is 0 Å². The number of hydrogen-bond acceptors (Lipinski definition) is 4. The van der Waals surface area contributed by atoms with E-state index in [1.807, 2.05) is 30.3 Å². The van der Waals surface area contributed by atoms with E-state index in [-0.39, 0.29) is 36.1 Å². The monoisotopic (exact) mass is 355 g/mol. The molecule has 0 aromatic heterocycles. The Balaban J connectivity index is 1.75.